The average molecular weight is 427 g/mol. The van der Waals surface area contributed by atoms with Crippen molar-refractivity contribution in [1.29, 1.82) is 0 Å². The number of amides is 1. The van der Waals surface area contributed by atoms with E-state index in [0.29, 0.717) is 18.4 Å². The topological polar surface area (TPSA) is 87.9 Å². The first-order valence-electron chi connectivity index (χ1n) is 11.3. The minimum Gasteiger partial charge on any atom is -0.459 e. The molecule has 7 heteroatoms. The monoisotopic (exact) mass is 426 g/mol. The van der Waals surface area contributed by atoms with Crippen molar-refractivity contribution in [2.45, 2.75) is 58.1 Å². The van der Waals surface area contributed by atoms with Crippen LogP contribution < -0.4 is 16.0 Å². The first-order valence-corrected chi connectivity index (χ1v) is 11.3. The number of hydrogen-bond acceptors (Lipinski definition) is 4. The van der Waals surface area contributed by atoms with Crippen LogP contribution in [0.25, 0.3) is 0 Å². The summed E-state index contributed by atoms with van der Waals surface area (Å²) in [7, 11) is 0. The van der Waals surface area contributed by atoms with Gasteiger partial charge in [0, 0.05) is 25.4 Å². The summed E-state index contributed by atoms with van der Waals surface area (Å²) in [5, 5.41) is 9.47. The van der Waals surface area contributed by atoms with Gasteiger partial charge in [0.1, 0.15) is 0 Å². The van der Waals surface area contributed by atoms with Gasteiger partial charge in [-0.2, -0.15) is 0 Å². The Morgan fingerprint density at radius 3 is 2.65 bits per heavy atom. The van der Waals surface area contributed by atoms with Crippen molar-refractivity contribution >= 4 is 17.6 Å². The minimum atomic E-state index is -0.262. The fraction of sp³-hybridized carbons (Fsp3) is 0.500. The second kappa shape index (κ2) is 12.8. The number of carbonyl (C=O) groups excluding carboxylic acids is 1. The van der Waals surface area contributed by atoms with Gasteiger partial charge >= 0.3 is 0 Å². The molecule has 31 heavy (non-hydrogen) atoms. The molecule has 0 bridgehead atoms. The molecule has 0 atom stereocenters. The molecule has 7 nitrogen and oxygen atoms in total. The molecule has 168 valence electrons. The lowest BCUT2D eigenvalue weighted by Gasteiger charge is -2.22. The molecule has 2 aromatic rings. The van der Waals surface area contributed by atoms with Gasteiger partial charge in [0.2, 0.25) is 0 Å². The van der Waals surface area contributed by atoms with Crippen LogP contribution in [0.3, 0.4) is 0 Å². The molecule has 0 saturated heterocycles. The molecule has 0 radical (unpaired) electrons. The van der Waals surface area contributed by atoms with E-state index < -0.39 is 0 Å². The van der Waals surface area contributed by atoms with Gasteiger partial charge in [-0.3, -0.25) is 4.79 Å². The van der Waals surface area contributed by atoms with Crippen LogP contribution in [0.1, 0.15) is 61.6 Å². The number of benzene rings is 1. The molecule has 1 aliphatic carbocycles. The zero-order valence-electron chi connectivity index (χ0n) is 18.4. The van der Waals surface area contributed by atoms with E-state index in [1.165, 1.54) is 38.4 Å². The Balaban J connectivity index is 1.39. The highest BCUT2D eigenvalue weighted by molar-refractivity contribution is 6.02. The van der Waals surface area contributed by atoms with Gasteiger partial charge in [0.25, 0.3) is 5.91 Å². The van der Waals surface area contributed by atoms with Crippen LogP contribution in [0.15, 0.2) is 52.1 Å². The molecule has 1 heterocycles. The highest BCUT2D eigenvalue weighted by Crippen LogP contribution is 2.20. The lowest BCUT2D eigenvalue weighted by atomic mass is 9.98. The van der Waals surface area contributed by atoms with Gasteiger partial charge in [0.15, 0.2) is 11.7 Å². The first kappa shape index (κ1) is 22.9. The van der Waals surface area contributed by atoms with Gasteiger partial charge in [0.05, 0.1) is 18.9 Å². The zero-order valence-corrected chi connectivity index (χ0v) is 18.4. The van der Waals surface area contributed by atoms with Crippen molar-refractivity contribution in [1.82, 2.24) is 10.6 Å². The summed E-state index contributed by atoms with van der Waals surface area (Å²) in [5.41, 5.74) is 1.78. The molecular formula is C24H34N4O3. The Kier molecular flexibility index (Phi) is 9.44. The molecule has 3 rings (SSSR count). The number of rotatable bonds is 10. The number of hydrogen-bond donors (Lipinski definition) is 3. The maximum Gasteiger partial charge on any atom is 0.291 e. The van der Waals surface area contributed by atoms with Crippen molar-refractivity contribution in [3.8, 4) is 0 Å². The lowest BCUT2D eigenvalue weighted by Crippen LogP contribution is -2.38. The average Bonchev–Trinajstić information content (AvgIpc) is 3.34. The van der Waals surface area contributed by atoms with Gasteiger partial charge in [-0.1, -0.05) is 31.4 Å². The van der Waals surface area contributed by atoms with E-state index in [1.54, 1.807) is 12.1 Å². The van der Waals surface area contributed by atoms with Crippen molar-refractivity contribution in [2.24, 2.45) is 4.99 Å². The standard InChI is InChI=1S/C24H34N4O3/c1-2-25-24(26-15-7-17-30-21-8-4-3-5-9-21)27-18-19-11-13-20(14-12-19)28-23(29)22-10-6-16-31-22/h6,10-14,16,21H,2-5,7-9,15,17-18H2,1H3,(H,28,29)(H2,25,26,27). The summed E-state index contributed by atoms with van der Waals surface area (Å²) in [6, 6.07) is 11.0. The molecule has 1 saturated carbocycles. The predicted molar refractivity (Wildman–Crippen MR) is 123 cm³/mol. The largest absolute Gasteiger partial charge is 0.459 e. The number of aliphatic imine (C=N–C) groups is 1. The molecule has 1 aromatic carbocycles. The van der Waals surface area contributed by atoms with Gasteiger partial charge < -0.3 is 25.1 Å². The second-order valence-corrected chi connectivity index (χ2v) is 7.73. The van der Waals surface area contributed by atoms with Gasteiger partial charge in [-0.25, -0.2) is 4.99 Å². The van der Waals surface area contributed by atoms with E-state index >= 15 is 0 Å². The number of furan rings is 1. The number of carbonyl (C=O) groups is 1. The van der Waals surface area contributed by atoms with Crippen LogP contribution in [0.5, 0.6) is 0 Å². The van der Waals surface area contributed by atoms with Crippen molar-refractivity contribution in [3.63, 3.8) is 0 Å². The van der Waals surface area contributed by atoms with Crippen LogP contribution in [0.2, 0.25) is 0 Å². The Bertz CT molecular complexity index is 797. The van der Waals surface area contributed by atoms with E-state index in [1.807, 2.05) is 24.3 Å². The molecule has 1 aliphatic rings. The smallest absolute Gasteiger partial charge is 0.291 e. The number of ether oxygens (including phenoxy) is 1. The minimum absolute atomic E-state index is 0.262. The Hall–Kier alpha value is -2.80. The summed E-state index contributed by atoms with van der Waals surface area (Å²) in [6.07, 6.45) is 9.29. The summed E-state index contributed by atoms with van der Waals surface area (Å²) in [4.78, 5) is 16.7. The number of nitrogens with zero attached hydrogens (tertiary/aromatic N) is 1. The number of guanidine groups is 1. The van der Waals surface area contributed by atoms with E-state index in [-0.39, 0.29) is 5.91 Å². The summed E-state index contributed by atoms with van der Waals surface area (Å²) >= 11 is 0. The Morgan fingerprint density at radius 1 is 1.13 bits per heavy atom. The van der Waals surface area contributed by atoms with Gasteiger partial charge in [-0.15, -0.1) is 0 Å². The molecule has 1 fully saturated rings. The molecule has 1 amide bonds. The van der Waals surface area contributed by atoms with E-state index in [4.69, 9.17) is 9.15 Å². The molecule has 0 spiro atoms. The van der Waals surface area contributed by atoms with Crippen LogP contribution >= 0.6 is 0 Å². The lowest BCUT2D eigenvalue weighted by molar-refractivity contribution is 0.0277. The summed E-state index contributed by atoms with van der Waals surface area (Å²) < 4.78 is 11.1. The normalized spacial score (nSPS) is 14.9. The fourth-order valence-corrected chi connectivity index (χ4v) is 3.57. The van der Waals surface area contributed by atoms with Crippen molar-refractivity contribution < 1.29 is 13.9 Å². The second-order valence-electron chi connectivity index (χ2n) is 7.73. The number of anilines is 1. The van der Waals surface area contributed by atoms with Crippen molar-refractivity contribution in [2.75, 3.05) is 25.0 Å². The third-order valence-corrected chi connectivity index (χ3v) is 5.24. The van der Waals surface area contributed by atoms with Crippen LogP contribution in [0.4, 0.5) is 5.69 Å². The summed E-state index contributed by atoms with van der Waals surface area (Å²) in [6.45, 7) is 5.04. The van der Waals surface area contributed by atoms with Crippen LogP contribution in [-0.2, 0) is 11.3 Å². The fourth-order valence-electron chi connectivity index (χ4n) is 3.57. The highest BCUT2D eigenvalue weighted by atomic mass is 16.5. The first-order chi connectivity index (χ1) is 15.2. The van der Waals surface area contributed by atoms with Gasteiger partial charge in [-0.05, 0) is 56.0 Å². The molecule has 3 N–H and O–H groups in total. The molecule has 0 aliphatic heterocycles. The van der Waals surface area contributed by atoms with Crippen LogP contribution in [0, 0.1) is 0 Å². The van der Waals surface area contributed by atoms with E-state index in [2.05, 4.69) is 27.9 Å². The van der Waals surface area contributed by atoms with Crippen molar-refractivity contribution in [3.05, 3.63) is 54.0 Å². The quantitative estimate of drug-likeness (QED) is 0.299. The maximum absolute atomic E-state index is 12.0. The highest BCUT2D eigenvalue weighted by Gasteiger charge is 2.13. The Morgan fingerprint density at radius 2 is 1.94 bits per heavy atom. The SMILES string of the molecule is CCNC(=NCc1ccc(NC(=O)c2ccco2)cc1)NCCCOC1CCCCC1. The zero-order chi connectivity index (χ0) is 21.7. The Labute approximate surface area is 184 Å². The maximum atomic E-state index is 12.0. The molecule has 0 unspecified atom stereocenters. The summed E-state index contributed by atoms with van der Waals surface area (Å²) in [5.74, 6) is 0.830. The molecule has 1 aromatic heterocycles. The molecular weight excluding hydrogens is 392 g/mol. The number of nitrogens with one attached hydrogen (secondary N) is 3. The van der Waals surface area contributed by atoms with E-state index in [9.17, 15) is 4.79 Å². The third-order valence-electron chi connectivity index (χ3n) is 5.24. The van der Waals surface area contributed by atoms with E-state index in [0.717, 1.165) is 43.3 Å². The van der Waals surface area contributed by atoms with Crippen LogP contribution in [-0.4, -0.2) is 37.7 Å². The third kappa shape index (κ3) is 8.09. The predicted octanol–water partition coefficient (Wildman–Crippen LogP) is 4.33.